The molecule has 2 rings (SSSR count). The lowest BCUT2D eigenvalue weighted by Crippen LogP contribution is -2.45. The number of ketones is 1. The van der Waals surface area contributed by atoms with Gasteiger partial charge in [0.15, 0.2) is 5.78 Å². The highest BCUT2D eigenvalue weighted by molar-refractivity contribution is 5.87. The summed E-state index contributed by atoms with van der Waals surface area (Å²) in [5.74, 6) is 0.277. The highest BCUT2D eigenvalue weighted by Gasteiger charge is 2.47. The van der Waals surface area contributed by atoms with E-state index >= 15 is 0 Å². The summed E-state index contributed by atoms with van der Waals surface area (Å²) in [6, 6.07) is 0. The molecule has 1 aliphatic heterocycles. The zero-order valence-electron chi connectivity index (χ0n) is 8.06. The lowest BCUT2D eigenvalue weighted by atomic mass is 9.74. The molecule has 3 heteroatoms. The lowest BCUT2D eigenvalue weighted by molar-refractivity contribution is -0.142. The van der Waals surface area contributed by atoms with Crippen molar-refractivity contribution in [1.29, 1.82) is 0 Å². The number of hydrogen-bond donors (Lipinski definition) is 1. The Hall–Kier alpha value is -0.410. The molecule has 2 fully saturated rings. The van der Waals surface area contributed by atoms with Gasteiger partial charge < -0.3 is 9.84 Å². The second-order valence-electron chi connectivity index (χ2n) is 4.44. The predicted octanol–water partition coefficient (Wildman–Crippen LogP) is 0.607. The Bertz CT molecular complexity index is 226. The van der Waals surface area contributed by atoms with Crippen molar-refractivity contribution >= 4 is 5.78 Å². The van der Waals surface area contributed by atoms with Crippen molar-refractivity contribution in [2.45, 2.75) is 32.5 Å². The fraction of sp³-hybridized carbons (Fsp3) is 0.900. The second-order valence-corrected chi connectivity index (χ2v) is 4.44. The quantitative estimate of drug-likeness (QED) is 0.600. The first-order valence-corrected chi connectivity index (χ1v) is 4.94. The third-order valence-electron chi connectivity index (χ3n) is 3.35. The molecule has 5 atom stereocenters. The van der Waals surface area contributed by atoms with E-state index in [1.54, 1.807) is 0 Å². The summed E-state index contributed by atoms with van der Waals surface area (Å²) in [5, 5.41) is 9.61. The van der Waals surface area contributed by atoms with Crippen LogP contribution in [0, 0.1) is 17.8 Å². The van der Waals surface area contributed by atoms with Gasteiger partial charge in [0.25, 0.3) is 0 Å². The summed E-state index contributed by atoms with van der Waals surface area (Å²) in [4.78, 5) is 11.7. The Balaban J connectivity index is 2.20. The number of carbonyl (C=O) groups is 1. The molecule has 2 aliphatic rings. The first-order chi connectivity index (χ1) is 6.11. The average Bonchev–Trinajstić information content (AvgIpc) is 2.43. The molecule has 0 aromatic heterocycles. The molecular formula is C10H16O3. The summed E-state index contributed by atoms with van der Waals surface area (Å²) in [6.07, 6.45) is 0.133. The van der Waals surface area contributed by atoms with Gasteiger partial charge in [-0.25, -0.2) is 0 Å². The van der Waals surface area contributed by atoms with Gasteiger partial charge in [-0.3, -0.25) is 4.79 Å². The minimum Gasteiger partial charge on any atom is -0.385 e. The van der Waals surface area contributed by atoms with Crippen LogP contribution in [0.5, 0.6) is 0 Å². The molecule has 0 radical (unpaired) electrons. The number of aliphatic hydroxyl groups is 1. The van der Waals surface area contributed by atoms with Crippen LogP contribution < -0.4 is 0 Å². The molecule has 3 nitrogen and oxygen atoms in total. The van der Waals surface area contributed by atoms with E-state index in [4.69, 9.17) is 4.74 Å². The second kappa shape index (κ2) is 3.07. The van der Waals surface area contributed by atoms with Crippen LogP contribution in [-0.4, -0.2) is 29.7 Å². The van der Waals surface area contributed by atoms with Gasteiger partial charge in [-0.2, -0.15) is 0 Å². The van der Waals surface area contributed by atoms with E-state index in [2.05, 4.69) is 0 Å². The molecular weight excluding hydrogens is 168 g/mol. The first-order valence-electron chi connectivity index (χ1n) is 4.94. The van der Waals surface area contributed by atoms with Crippen LogP contribution in [0.25, 0.3) is 0 Å². The number of Topliss-reactive ketones (excluding diaryl/α,β-unsaturated/α-hetero) is 1. The molecule has 0 aromatic rings. The van der Waals surface area contributed by atoms with Gasteiger partial charge in [0.1, 0.15) is 6.10 Å². The number of ether oxygens (including phenoxy) is 1. The molecule has 1 saturated carbocycles. The monoisotopic (exact) mass is 184 g/mol. The fourth-order valence-electron chi connectivity index (χ4n) is 2.50. The smallest absolute Gasteiger partial charge is 0.167 e. The summed E-state index contributed by atoms with van der Waals surface area (Å²) in [7, 11) is 0. The van der Waals surface area contributed by atoms with E-state index in [1.165, 1.54) is 0 Å². The Morgan fingerprint density at radius 1 is 1.38 bits per heavy atom. The highest BCUT2D eigenvalue weighted by atomic mass is 16.5. The van der Waals surface area contributed by atoms with E-state index < -0.39 is 6.10 Å². The minimum atomic E-state index is -0.759. The summed E-state index contributed by atoms with van der Waals surface area (Å²) in [6.45, 7) is 4.59. The fourth-order valence-corrected chi connectivity index (χ4v) is 2.50. The first kappa shape index (κ1) is 9.16. The largest absolute Gasteiger partial charge is 0.385 e. The molecule has 1 saturated heterocycles. The molecule has 1 N–H and O–H groups in total. The molecule has 3 unspecified atom stereocenters. The van der Waals surface area contributed by atoms with Crippen molar-refractivity contribution < 1.29 is 14.6 Å². The summed E-state index contributed by atoms with van der Waals surface area (Å²) < 4.78 is 5.53. The van der Waals surface area contributed by atoms with Crippen molar-refractivity contribution in [2.24, 2.45) is 17.8 Å². The normalized spacial score (nSPS) is 50.7. The number of rotatable bonds is 0. The van der Waals surface area contributed by atoms with Crippen LogP contribution in [-0.2, 0) is 9.53 Å². The molecule has 0 aromatic carbocycles. The zero-order valence-corrected chi connectivity index (χ0v) is 8.06. The molecule has 0 spiro atoms. The topological polar surface area (TPSA) is 46.5 Å². The van der Waals surface area contributed by atoms with Crippen LogP contribution in [0.1, 0.15) is 20.3 Å². The summed E-state index contributed by atoms with van der Waals surface area (Å²) in [5.41, 5.74) is 0. The van der Waals surface area contributed by atoms with Crippen LogP contribution in [0.4, 0.5) is 0 Å². The van der Waals surface area contributed by atoms with E-state index in [0.29, 0.717) is 6.61 Å². The SMILES string of the molecule is CC1COC2C[C@H](C)[C@H](O)C(=O)C12. The molecule has 74 valence electrons. The Labute approximate surface area is 78.1 Å². The third-order valence-corrected chi connectivity index (χ3v) is 3.35. The number of hydrogen-bond acceptors (Lipinski definition) is 3. The average molecular weight is 184 g/mol. The molecule has 13 heavy (non-hydrogen) atoms. The molecule has 0 amide bonds. The summed E-state index contributed by atoms with van der Waals surface area (Å²) >= 11 is 0. The van der Waals surface area contributed by atoms with Crippen LogP contribution in [0.2, 0.25) is 0 Å². The molecule has 1 heterocycles. The van der Waals surface area contributed by atoms with Gasteiger partial charge >= 0.3 is 0 Å². The van der Waals surface area contributed by atoms with Crippen molar-refractivity contribution in [2.75, 3.05) is 6.61 Å². The third kappa shape index (κ3) is 1.30. The standard InChI is InChI=1S/C10H16O3/c1-5-3-7-8(6(2)4-13-7)10(12)9(5)11/h5-9,11H,3-4H2,1-2H3/t5-,6?,7?,8?,9-/m0/s1. The maximum atomic E-state index is 11.7. The van der Waals surface area contributed by atoms with Crippen LogP contribution in [0.3, 0.4) is 0 Å². The van der Waals surface area contributed by atoms with Crippen molar-refractivity contribution in [3.8, 4) is 0 Å². The zero-order chi connectivity index (χ0) is 9.59. The van der Waals surface area contributed by atoms with Crippen LogP contribution in [0.15, 0.2) is 0 Å². The van der Waals surface area contributed by atoms with Gasteiger partial charge in [0, 0.05) is 0 Å². The number of aliphatic hydroxyl groups excluding tert-OH is 1. The van der Waals surface area contributed by atoms with Gasteiger partial charge in [-0.05, 0) is 18.3 Å². The van der Waals surface area contributed by atoms with Gasteiger partial charge in [0.05, 0.1) is 18.6 Å². The van der Waals surface area contributed by atoms with E-state index in [0.717, 1.165) is 6.42 Å². The Kier molecular flexibility index (Phi) is 2.16. The minimum absolute atomic E-state index is 0.00579. The highest BCUT2D eigenvalue weighted by Crippen LogP contribution is 2.37. The van der Waals surface area contributed by atoms with Gasteiger partial charge in [0.2, 0.25) is 0 Å². The lowest BCUT2D eigenvalue weighted by Gasteiger charge is -2.32. The van der Waals surface area contributed by atoms with Gasteiger partial charge in [-0.1, -0.05) is 13.8 Å². The van der Waals surface area contributed by atoms with E-state index in [1.807, 2.05) is 13.8 Å². The maximum absolute atomic E-state index is 11.7. The predicted molar refractivity (Wildman–Crippen MR) is 47.2 cm³/mol. The van der Waals surface area contributed by atoms with Gasteiger partial charge in [-0.15, -0.1) is 0 Å². The Morgan fingerprint density at radius 2 is 2.08 bits per heavy atom. The van der Waals surface area contributed by atoms with E-state index in [-0.39, 0.29) is 29.6 Å². The number of carbonyl (C=O) groups excluding carboxylic acids is 1. The Morgan fingerprint density at radius 3 is 2.77 bits per heavy atom. The van der Waals surface area contributed by atoms with Crippen LogP contribution >= 0.6 is 0 Å². The molecule has 1 aliphatic carbocycles. The maximum Gasteiger partial charge on any atom is 0.167 e. The van der Waals surface area contributed by atoms with Crippen molar-refractivity contribution in [1.82, 2.24) is 0 Å². The van der Waals surface area contributed by atoms with Crippen molar-refractivity contribution in [3.05, 3.63) is 0 Å². The van der Waals surface area contributed by atoms with Crippen molar-refractivity contribution in [3.63, 3.8) is 0 Å². The molecule has 0 bridgehead atoms. The van der Waals surface area contributed by atoms with E-state index in [9.17, 15) is 9.90 Å². The number of fused-ring (bicyclic) bond motifs is 1.